The van der Waals surface area contributed by atoms with E-state index in [1.54, 1.807) is 0 Å². The Kier molecular flexibility index (Phi) is 2.73. The maximum absolute atomic E-state index is 9.38. The number of hydrogen-bond acceptors (Lipinski definition) is 1. The molecule has 56 valence electrons. The lowest BCUT2D eigenvalue weighted by Crippen LogP contribution is -2.13. The second-order valence-electron chi connectivity index (χ2n) is 2.72. The van der Waals surface area contributed by atoms with Crippen molar-refractivity contribution in [3.8, 4) is 0 Å². The predicted octanol–water partition coefficient (Wildman–Crippen LogP) is 2.02. The third kappa shape index (κ3) is 1.73. The average molecular weight is 138 g/mol. The van der Waals surface area contributed by atoms with E-state index >= 15 is 0 Å². The van der Waals surface area contributed by atoms with E-state index in [1.807, 2.05) is 13.0 Å². The van der Waals surface area contributed by atoms with Crippen molar-refractivity contribution in [2.24, 2.45) is 0 Å². The van der Waals surface area contributed by atoms with Crippen LogP contribution in [0.2, 0.25) is 0 Å². The lowest BCUT2D eigenvalue weighted by Gasteiger charge is -2.17. The van der Waals surface area contributed by atoms with E-state index in [1.165, 1.54) is 6.42 Å². The summed E-state index contributed by atoms with van der Waals surface area (Å²) in [7, 11) is 0. The first kappa shape index (κ1) is 7.59. The van der Waals surface area contributed by atoms with Gasteiger partial charge >= 0.3 is 0 Å². The zero-order valence-corrected chi connectivity index (χ0v) is 6.43. The average Bonchev–Trinajstić information content (AvgIpc) is 1.94. The summed E-state index contributed by atoms with van der Waals surface area (Å²) in [6.07, 6.45) is 6.01. The largest absolute Gasteiger partial charge is 0.388 e. The van der Waals surface area contributed by atoms with Crippen molar-refractivity contribution in [1.82, 2.24) is 0 Å². The van der Waals surface area contributed by atoms with Gasteiger partial charge in [-0.05, 0) is 37.8 Å². The van der Waals surface area contributed by atoms with Gasteiger partial charge in [0.2, 0.25) is 0 Å². The Hall–Kier alpha value is -0.520. The van der Waals surface area contributed by atoms with E-state index in [2.05, 4.69) is 5.73 Å². The molecule has 0 bridgehead atoms. The minimum atomic E-state index is -0.204. The van der Waals surface area contributed by atoms with Gasteiger partial charge in [-0.1, -0.05) is 6.42 Å². The summed E-state index contributed by atoms with van der Waals surface area (Å²) in [6.45, 7) is 1.94. The normalized spacial score (nSPS) is 25.8. The summed E-state index contributed by atoms with van der Waals surface area (Å²) in [4.78, 5) is 0. The fourth-order valence-corrected chi connectivity index (χ4v) is 1.35. The monoisotopic (exact) mass is 138 g/mol. The molecule has 0 radical (unpaired) electrons. The highest BCUT2D eigenvalue weighted by atomic mass is 16.3. The molecular formula is C9H14O. The molecule has 1 aliphatic carbocycles. The second kappa shape index (κ2) is 3.60. The first-order chi connectivity index (χ1) is 4.84. The Bertz CT molecular complexity index is 164. The van der Waals surface area contributed by atoms with Gasteiger partial charge < -0.3 is 5.11 Å². The Labute approximate surface area is 62.1 Å². The Morgan fingerprint density at radius 3 is 3.00 bits per heavy atom. The molecule has 1 fully saturated rings. The third-order valence-corrected chi connectivity index (χ3v) is 1.91. The molecule has 1 N–H and O–H groups in total. The van der Waals surface area contributed by atoms with Gasteiger partial charge in [0.05, 0.1) is 6.10 Å². The van der Waals surface area contributed by atoms with Crippen molar-refractivity contribution < 1.29 is 5.11 Å². The highest BCUT2D eigenvalue weighted by Crippen LogP contribution is 2.22. The number of aliphatic hydroxyl groups excluding tert-OH is 1. The minimum Gasteiger partial charge on any atom is -0.388 e. The van der Waals surface area contributed by atoms with E-state index in [4.69, 9.17) is 0 Å². The zero-order chi connectivity index (χ0) is 7.40. The molecule has 1 aliphatic rings. The third-order valence-electron chi connectivity index (χ3n) is 1.91. The van der Waals surface area contributed by atoms with Crippen molar-refractivity contribution in [2.75, 3.05) is 0 Å². The molecule has 1 rings (SSSR count). The van der Waals surface area contributed by atoms with Crippen LogP contribution in [0.1, 0.15) is 32.6 Å². The van der Waals surface area contributed by atoms with Gasteiger partial charge in [0.1, 0.15) is 0 Å². The summed E-state index contributed by atoms with van der Waals surface area (Å²) in [6, 6.07) is 0. The van der Waals surface area contributed by atoms with Crippen LogP contribution in [-0.4, -0.2) is 11.2 Å². The molecule has 0 aromatic carbocycles. The van der Waals surface area contributed by atoms with Crippen LogP contribution in [0, 0.1) is 0 Å². The Balaban J connectivity index is 2.65. The predicted molar refractivity (Wildman–Crippen MR) is 41.7 cm³/mol. The summed E-state index contributed by atoms with van der Waals surface area (Å²) < 4.78 is 0. The standard InChI is InChI=1S/C9H14O/c1-2-5-8-6-3-4-7-9(8)10/h2,9-10H,3-4,6-7H2,1H3. The first-order valence-electron chi connectivity index (χ1n) is 3.92. The minimum absolute atomic E-state index is 0.204. The molecule has 0 aromatic heterocycles. The highest BCUT2D eigenvalue weighted by molar-refractivity contribution is 5.09. The van der Waals surface area contributed by atoms with E-state index in [0.29, 0.717) is 0 Å². The van der Waals surface area contributed by atoms with Gasteiger partial charge in [0, 0.05) is 0 Å². The van der Waals surface area contributed by atoms with E-state index in [0.717, 1.165) is 24.8 Å². The van der Waals surface area contributed by atoms with Crippen molar-refractivity contribution in [3.63, 3.8) is 0 Å². The lowest BCUT2D eigenvalue weighted by molar-refractivity contribution is 0.179. The van der Waals surface area contributed by atoms with Gasteiger partial charge in [0.25, 0.3) is 0 Å². The maximum Gasteiger partial charge on any atom is 0.0823 e. The van der Waals surface area contributed by atoms with Gasteiger partial charge in [0.15, 0.2) is 0 Å². The molecule has 0 amide bonds. The zero-order valence-electron chi connectivity index (χ0n) is 6.43. The van der Waals surface area contributed by atoms with Crippen LogP contribution in [-0.2, 0) is 0 Å². The van der Waals surface area contributed by atoms with Crippen molar-refractivity contribution in [2.45, 2.75) is 38.7 Å². The molecule has 1 nitrogen and oxygen atoms in total. The number of aliphatic hydroxyl groups is 1. The summed E-state index contributed by atoms with van der Waals surface area (Å²) >= 11 is 0. The maximum atomic E-state index is 9.38. The van der Waals surface area contributed by atoms with Gasteiger partial charge in [-0.25, -0.2) is 0 Å². The SMILES string of the molecule is CC=C=C1CCCCC1O. The Morgan fingerprint density at radius 1 is 1.60 bits per heavy atom. The van der Waals surface area contributed by atoms with Crippen LogP contribution < -0.4 is 0 Å². The first-order valence-corrected chi connectivity index (χ1v) is 3.92. The van der Waals surface area contributed by atoms with Crippen LogP contribution in [0.15, 0.2) is 17.4 Å². The van der Waals surface area contributed by atoms with Gasteiger partial charge in [-0.3, -0.25) is 0 Å². The highest BCUT2D eigenvalue weighted by Gasteiger charge is 2.14. The summed E-state index contributed by atoms with van der Waals surface area (Å²) in [5, 5.41) is 9.38. The smallest absolute Gasteiger partial charge is 0.0823 e. The van der Waals surface area contributed by atoms with E-state index < -0.39 is 0 Å². The lowest BCUT2D eigenvalue weighted by atomic mass is 9.93. The molecular weight excluding hydrogens is 124 g/mol. The molecule has 10 heavy (non-hydrogen) atoms. The molecule has 0 aromatic rings. The van der Waals surface area contributed by atoms with Crippen molar-refractivity contribution in [1.29, 1.82) is 0 Å². The van der Waals surface area contributed by atoms with Crippen LogP contribution in [0.5, 0.6) is 0 Å². The van der Waals surface area contributed by atoms with Crippen molar-refractivity contribution >= 4 is 0 Å². The van der Waals surface area contributed by atoms with Crippen LogP contribution in [0.25, 0.3) is 0 Å². The summed E-state index contributed by atoms with van der Waals surface area (Å²) in [5.41, 5.74) is 4.17. The second-order valence-corrected chi connectivity index (χ2v) is 2.72. The Morgan fingerprint density at radius 2 is 2.40 bits per heavy atom. The van der Waals surface area contributed by atoms with Gasteiger partial charge in [-0.15, -0.1) is 5.73 Å². The van der Waals surface area contributed by atoms with Crippen LogP contribution >= 0.6 is 0 Å². The number of rotatable bonds is 0. The fourth-order valence-electron chi connectivity index (χ4n) is 1.35. The topological polar surface area (TPSA) is 20.2 Å². The molecule has 0 saturated heterocycles. The van der Waals surface area contributed by atoms with E-state index in [-0.39, 0.29) is 6.10 Å². The molecule has 0 heterocycles. The van der Waals surface area contributed by atoms with E-state index in [9.17, 15) is 5.11 Å². The number of hydrogen-bond donors (Lipinski definition) is 1. The molecule has 1 saturated carbocycles. The molecule has 0 aliphatic heterocycles. The fraction of sp³-hybridized carbons (Fsp3) is 0.667. The molecule has 1 heteroatoms. The molecule has 1 atom stereocenters. The van der Waals surface area contributed by atoms with Crippen LogP contribution in [0.3, 0.4) is 0 Å². The van der Waals surface area contributed by atoms with Crippen LogP contribution in [0.4, 0.5) is 0 Å². The van der Waals surface area contributed by atoms with Crippen molar-refractivity contribution in [3.05, 3.63) is 17.4 Å². The summed E-state index contributed by atoms with van der Waals surface area (Å²) in [5.74, 6) is 0. The van der Waals surface area contributed by atoms with Gasteiger partial charge in [-0.2, -0.15) is 0 Å². The molecule has 0 spiro atoms. The molecule has 1 unspecified atom stereocenters. The quantitative estimate of drug-likeness (QED) is 0.508.